The normalized spacial score (nSPS) is 11.2. The number of terminal acetylenes is 1. The molecule has 0 bridgehead atoms. The van der Waals surface area contributed by atoms with E-state index >= 15 is 0 Å². The highest BCUT2D eigenvalue weighted by atomic mass is 35.5. The zero-order valence-electron chi connectivity index (χ0n) is 10.8. The third kappa shape index (κ3) is 3.04. The van der Waals surface area contributed by atoms with E-state index in [2.05, 4.69) is 5.92 Å². The van der Waals surface area contributed by atoms with Crippen LogP contribution in [0.5, 0.6) is 5.75 Å². The minimum Gasteiger partial charge on any atom is -0.494 e. The van der Waals surface area contributed by atoms with Gasteiger partial charge in [0.05, 0.1) is 13.7 Å². The molecule has 0 saturated heterocycles. The lowest BCUT2D eigenvalue weighted by molar-refractivity contribution is 0.0693. The lowest BCUT2D eigenvalue weighted by Gasteiger charge is -2.18. The SMILES string of the molecule is C#CCN(C)S(=O)(=O)c1cc(Cl)cc(C(=O)O)c1OC. The number of halogens is 1. The smallest absolute Gasteiger partial charge is 0.339 e. The molecular weight excluding hydrogens is 306 g/mol. The van der Waals surface area contributed by atoms with Crippen molar-refractivity contribution in [1.82, 2.24) is 4.31 Å². The lowest BCUT2D eigenvalue weighted by Crippen LogP contribution is -2.28. The predicted octanol–water partition coefficient (Wildman–Crippen LogP) is 1.30. The van der Waals surface area contributed by atoms with Crippen LogP contribution < -0.4 is 4.74 Å². The van der Waals surface area contributed by atoms with E-state index in [1.807, 2.05) is 0 Å². The minimum absolute atomic E-state index is 0.0316. The van der Waals surface area contributed by atoms with E-state index in [1.165, 1.54) is 14.2 Å². The summed E-state index contributed by atoms with van der Waals surface area (Å²) >= 11 is 5.77. The topological polar surface area (TPSA) is 83.9 Å². The number of sulfonamides is 1. The second kappa shape index (κ2) is 6.13. The first-order valence-corrected chi connectivity index (χ1v) is 7.08. The molecule has 6 nitrogen and oxygen atoms in total. The van der Waals surface area contributed by atoms with Gasteiger partial charge in [0.1, 0.15) is 10.5 Å². The summed E-state index contributed by atoms with van der Waals surface area (Å²) in [5, 5.41) is 9.04. The molecule has 0 aromatic heterocycles. The van der Waals surface area contributed by atoms with Crippen LogP contribution in [0.4, 0.5) is 0 Å². The Labute approximate surface area is 122 Å². The van der Waals surface area contributed by atoms with Crippen molar-refractivity contribution in [3.05, 3.63) is 22.7 Å². The Morgan fingerprint density at radius 3 is 2.60 bits per heavy atom. The number of carboxylic acid groups (broad SMARTS) is 1. The van der Waals surface area contributed by atoms with Crippen molar-refractivity contribution in [2.75, 3.05) is 20.7 Å². The number of hydrogen-bond donors (Lipinski definition) is 1. The highest BCUT2D eigenvalue weighted by Crippen LogP contribution is 2.33. The number of methoxy groups -OCH3 is 1. The minimum atomic E-state index is -4.00. The Hall–Kier alpha value is -1.75. The fourth-order valence-electron chi connectivity index (χ4n) is 1.51. The van der Waals surface area contributed by atoms with Gasteiger partial charge in [0.25, 0.3) is 0 Å². The van der Waals surface area contributed by atoms with Crippen molar-refractivity contribution in [1.29, 1.82) is 0 Å². The molecule has 20 heavy (non-hydrogen) atoms. The van der Waals surface area contributed by atoms with E-state index in [0.29, 0.717) is 0 Å². The standard InChI is InChI=1S/C12H12ClNO5S/c1-4-5-14(2)20(17,18)10-7-8(13)6-9(12(15)16)11(10)19-3/h1,6-7H,5H2,2-3H3,(H,15,16). The molecule has 108 valence electrons. The van der Waals surface area contributed by atoms with Gasteiger partial charge in [0.2, 0.25) is 10.0 Å². The summed E-state index contributed by atoms with van der Waals surface area (Å²) in [6.07, 6.45) is 5.08. The summed E-state index contributed by atoms with van der Waals surface area (Å²) in [6.45, 7) is -0.166. The van der Waals surface area contributed by atoms with Crippen molar-refractivity contribution >= 4 is 27.6 Å². The number of hydrogen-bond acceptors (Lipinski definition) is 4. The number of carbonyl (C=O) groups is 1. The molecule has 0 unspecified atom stereocenters. The van der Waals surface area contributed by atoms with Crippen LogP contribution in [0.2, 0.25) is 5.02 Å². The van der Waals surface area contributed by atoms with Gasteiger partial charge in [0, 0.05) is 12.1 Å². The molecule has 0 heterocycles. The molecule has 0 atom stereocenters. The molecule has 0 aliphatic carbocycles. The average molecular weight is 318 g/mol. The quantitative estimate of drug-likeness (QED) is 0.828. The van der Waals surface area contributed by atoms with Gasteiger partial charge >= 0.3 is 5.97 Å². The van der Waals surface area contributed by atoms with Crippen molar-refractivity contribution in [3.8, 4) is 18.1 Å². The molecule has 0 aliphatic rings. The number of benzene rings is 1. The summed E-state index contributed by atoms with van der Waals surface area (Å²) in [7, 11) is -1.55. The Balaban J connectivity index is 3.61. The van der Waals surface area contributed by atoms with Gasteiger partial charge in [0.15, 0.2) is 5.75 Å². The molecule has 0 aliphatic heterocycles. The molecule has 0 saturated carbocycles. The summed E-state index contributed by atoms with van der Waals surface area (Å²) < 4.78 is 30.5. The van der Waals surface area contributed by atoms with Crippen LogP contribution in [-0.2, 0) is 10.0 Å². The van der Waals surface area contributed by atoms with E-state index in [-0.39, 0.29) is 27.8 Å². The van der Waals surface area contributed by atoms with Crippen LogP contribution in [0.25, 0.3) is 0 Å². The molecule has 0 amide bonds. The van der Waals surface area contributed by atoms with Gasteiger partial charge in [-0.1, -0.05) is 17.5 Å². The van der Waals surface area contributed by atoms with E-state index in [9.17, 15) is 13.2 Å². The molecule has 0 radical (unpaired) electrons. The second-order valence-corrected chi connectivity index (χ2v) is 6.20. The van der Waals surface area contributed by atoms with Crippen molar-refractivity contribution in [2.24, 2.45) is 0 Å². The fraction of sp³-hybridized carbons (Fsp3) is 0.250. The van der Waals surface area contributed by atoms with Crippen LogP contribution in [0.3, 0.4) is 0 Å². The summed E-state index contributed by atoms with van der Waals surface area (Å²) in [5.74, 6) is 0.556. The van der Waals surface area contributed by atoms with Crippen LogP contribution in [0, 0.1) is 12.3 Å². The highest BCUT2D eigenvalue weighted by Gasteiger charge is 2.28. The van der Waals surface area contributed by atoms with E-state index < -0.39 is 16.0 Å². The lowest BCUT2D eigenvalue weighted by atomic mass is 10.2. The first kappa shape index (κ1) is 16.3. The number of aromatic carboxylic acids is 1. The van der Waals surface area contributed by atoms with Crippen LogP contribution in [0.1, 0.15) is 10.4 Å². The average Bonchev–Trinajstić information content (AvgIpc) is 2.37. The van der Waals surface area contributed by atoms with Crippen molar-refractivity contribution in [3.63, 3.8) is 0 Å². The predicted molar refractivity (Wildman–Crippen MR) is 73.6 cm³/mol. The Bertz CT molecular complexity index is 678. The van der Waals surface area contributed by atoms with Crippen molar-refractivity contribution in [2.45, 2.75) is 4.90 Å². The van der Waals surface area contributed by atoms with Crippen LogP contribution in [0.15, 0.2) is 17.0 Å². The maximum Gasteiger partial charge on any atom is 0.339 e. The van der Waals surface area contributed by atoms with Gasteiger partial charge < -0.3 is 9.84 Å². The Morgan fingerprint density at radius 2 is 2.15 bits per heavy atom. The highest BCUT2D eigenvalue weighted by molar-refractivity contribution is 7.89. The van der Waals surface area contributed by atoms with Gasteiger partial charge in [-0.3, -0.25) is 0 Å². The Kier molecular flexibility index (Phi) is 5.00. The summed E-state index contributed by atoms with van der Waals surface area (Å²) in [4.78, 5) is 10.8. The second-order valence-electron chi connectivity index (χ2n) is 3.76. The largest absolute Gasteiger partial charge is 0.494 e. The van der Waals surface area contributed by atoms with E-state index in [0.717, 1.165) is 16.4 Å². The number of ether oxygens (including phenoxy) is 1. The zero-order chi connectivity index (χ0) is 15.5. The Morgan fingerprint density at radius 1 is 1.55 bits per heavy atom. The van der Waals surface area contributed by atoms with Crippen LogP contribution >= 0.6 is 11.6 Å². The molecule has 1 N–H and O–H groups in total. The molecule has 1 rings (SSSR count). The van der Waals surface area contributed by atoms with E-state index in [1.54, 1.807) is 0 Å². The molecule has 0 fully saturated rings. The molecule has 1 aromatic carbocycles. The number of rotatable bonds is 5. The molecule has 0 spiro atoms. The number of carboxylic acids is 1. The van der Waals surface area contributed by atoms with E-state index in [4.69, 9.17) is 27.9 Å². The third-order valence-electron chi connectivity index (χ3n) is 2.46. The first-order valence-electron chi connectivity index (χ1n) is 5.26. The maximum atomic E-state index is 12.3. The first-order chi connectivity index (χ1) is 9.25. The van der Waals surface area contributed by atoms with Gasteiger partial charge in [-0.15, -0.1) is 6.42 Å². The third-order valence-corrected chi connectivity index (χ3v) is 4.48. The van der Waals surface area contributed by atoms with Gasteiger partial charge in [-0.25, -0.2) is 13.2 Å². The monoisotopic (exact) mass is 317 g/mol. The molecular formula is C12H12ClNO5S. The number of nitrogens with zero attached hydrogens (tertiary/aromatic N) is 1. The van der Waals surface area contributed by atoms with Gasteiger partial charge in [-0.05, 0) is 12.1 Å². The molecule has 1 aromatic rings. The fourth-order valence-corrected chi connectivity index (χ4v) is 3.08. The van der Waals surface area contributed by atoms with Gasteiger partial charge in [-0.2, -0.15) is 4.31 Å². The summed E-state index contributed by atoms with van der Waals surface area (Å²) in [5.41, 5.74) is -0.340. The molecule has 8 heteroatoms. The maximum absolute atomic E-state index is 12.3. The summed E-state index contributed by atoms with van der Waals surface area (Å²) in [6, 6.07) is 2.23. The van der Waals surface area contributed by atoms with Crippen LogP contribution in [-0.4, -0.2) is 44.5 Å². The van der Waals surface area contributed by atoms with Crippen molar-refractivity contribution < 1.29 is 23.1 Å². The zero-order valence-corrected chi connectivity index (χ0v) is 12.3.